The van der Waals surface area contributed by atoms with Gasteiger partial charge in [-0.05, 0) is 12.3 Å². The van der Waals surface area contributed by atoms with Gasteiger partial charge in [0.05, 0.1) is 4.92 Å². The van der Waals surface area contributed by atoms with E-state index in [1.807, 2.05) is 0 Å². The Kier molecular flexibility index (Phi) is 4.11. The van der Waals surface area contributed by atoms with Crippen LogP contribution < -0.4 is 0 Å². The van der Waals surface area contributed by atoms with Crippen LogP contribution in [0.5, 0.6) is 0 Å². The minimum atomic E-state index is -3.77. The molecular weight excluding hydrogens is 316 g/mol. The quantitative estimate of drug-likeness (QED) is 0.664. The zero-order valence-corrected chi connectivity index (χ0v) is 12.0. The maximum Gasteiger partial charge on any atom is 0.300 e. The van der Waals surface area contributed by atoms with Crippen molar-refractivity contribution in [2.75, 3.05) is 19.7 Å². The lowest BCUT2D eigenvalue weighted by molar-refractivity contribution is -0.384. The molecule has 7 nitrogen and oxygen atoms in total. The van der Waals surface area contributed by atoms with Gasteiger partial charge in [-0.3, -0.25) is 10.1 Å². The highest BCUT2D eigenvalue weighted by Gasteiger charge is 2.35. The van der Waals surface area contributed by atoms with Crippen molar-refractivity contribution in [1.82, 2.24) is 4.31 Å². The highest BCUT2D eigenvalue weighted by atomic mass is 35.5. The number of nitro groups is 1. The molecule has 19 heavy (non-hydrogen) atoms. The summed E-state index contributed by atoms with van der Waals surface area (Å²) in [5, 5.41) is 19.7. The number of nitrogens with zero attached hydrogens (tertiary/aromatic N) is 2. The second kappa shape index (κ2) is 5.33. The lowest BCUT2D eigenvalue weighted by atomic mass is 10.1. The fourth-order valence-electron chi connectivity index (χ4n) is 1.88. The molecule has 1 atom stereocenters. The molecule has 2 heterocycles. The van der Waals surface area contributed by atoms with Crippen molar-refractivity contribution < 1.29 is 18.4 Å². The van der Waals surface area contributed by atoms with Gasteiger partial charge in [-0.2, -0.15) is 4.31 Å². The Morgan fingerprint density at radius 1 is 1.63 bits per heavy atom. The number of aliphatic hydroxyl groups is 1. The molecule has 1 aromatic heterocycles. The number of rotatable bonds is 4. The lowest BCUT2D eigenvalue weighted by Gasteiger charge is -2.14. The standard InChI is InChI=1S/C9H11ClN2O5S2/c10-9-7(12(14)15)3-8(18-9)19(16,17)11-2-1-6(4-11)5-13/h3,6,13H,1-2,4-5H2. The first-order valence-electron chi connectivity index (χ1n) is 5.41. The van der Waals surface area contributed by atoms with Crippen molar-refractivity contribution in [3.8, 4) is 0 Å². The topological polar surface area (TPSA) is 101 Å². The molecule has 1 aliphatic heterocycles. The molecule has 2 rings (SSSR count). The molecule has 1 unspecified atom stereocenters. The van der Waals surface area contributed by atoms with Gasteiger partial charge in [0.25, 0.3) is 15.7 Å². The zero-order chi connectivity index (χ0) is 14.2. The molecule has 0 saturated carbocycles. The first-order valence-corrected chi connectivity index (χ1v) is 8.04. The highest BCUT2D eigenvalue weighted by molar-refractivity contribution is 7.91. The Labute approximate surface area is 118 Å². The SMILES string of the molecule is O=[N+]([O-])c1cc(S(=O)(=O)N2CCC(CO)C2)sc1Cl. The Morgan fingerprint density at radius 2 is 2.32 bits per heavy atom. The number of sulfonamides is 1. The molecular formula is C9H11ClN2O5S2. The van der Waals surface area contributed by atoms with E-state index in [2.05, 4.69) is 0 Å². The van der Waals surface area contributed by atoms with Crippen LogP contribution >= 0.6 is 22.9 Å². The second-order valence-corrected chi connectivity index (χ2v) is 8.00. The third kappa shape index (κ3) is 2.75. The lowest BCUT2D eigenvalue weighted by Crippen LogP contribution is -2.28. The van der Waals surface area contributed by atoms with E-state index in [-0.39, 0.29) is 27.6 Å². The summed E-state index contributed by atoms with van der Waals surface area (Å²) in [6.07, 6.45) is 0.580. The van der Waals surface area contributed by atoms with Crippen molar-refractivity contribution >= 4 is 38.6 Å². The first kappa shape index (κ1) is 14.7. The van der Waals surface area contributed by atoms with Crippen LogP contribution in [0.1, 0.15) is 6.42 Å². The molecule has 0 aromatic carbocycles. The smallest absolute Gasteiger partial charge is 0.300 e. The van der Waals surface area contributed by atoms with Crippen molar-refractivity contribution in [2.45, 2.75) is 10.6 Å². The summed E-state index contributed by atoms with van der Waals surface area (Å²) in [6.45, 7) is 0.455. The van der Waals surface area contributed by atoms with Crippen LogP contribution in [0.3, 0.4) is 0 Å². The van der Waals surface area contributed by atoms with Crippen molar-refractivity contribution in [1.29, 1.82) is 0 Å². The van der Waals surface area contributed by atoms with Gasteiger partial charge < -0.3 is 5.11 Å². The Hall–Kier alpha value is -0.740. The van der Waals surface area contributed by atoms with Gasteiger partial charge in [0.2, 0.25) is 0 Å². The van der Waals surface area contributed by atoms with E-state index in [0.29, 0.717) is 24.3 Å². The van der Waals surface area contributed by atoms with E-state index in [1.165, 1.54) is 4.31 Å². The Balaban J connectivity index is 2.30. The summed E-state index contributed by atoms with van der Waals surface area (Å²) < 4.78 is 25.4. The average Bonchev–Trinajstić information content (AvgIpc) is 2.95. The monoisotopic (exact) mass is 326 g/mol. The average molecular weight is 327 g/mol. The molecule has 1 saturated heterocycles. The highest BCUT2D eigenvalue weighted by Crippen LogP contribution is 2.38. The maximum atomic E-state index is 12.3. The molecule has 0 aliphatic carbocycles. The van der Waals surface area contributed by atoms with Crippen LogP contribution in [0.25, 0.3) is 0 Å². The number of hydrogen-bond acceptors (Lipinski definition) is 6. The van der Waals surface area contributed by atoms with Crippen LogP contribution in [0.4, 0.5) is 5.69 Å². The number of halogens is 1. The Bertz CT molecular complexity index is 600. The second-order valence-electron chi connectivity index (χ2n) is 4.18. The number of thiophene rings is 1. The number of aliphatic hydroxyl groups excluding tert-OH is 1. The van der Waals surface area contributed by atoms with E-state index in [0.717, 1.165) is 6.07 Å². The molecule has 1 aliphatic rings. The normalized spacial score (nSPS) is 20.8. The molecule has 0 amide bonds. The maximum absolute atomic E-state index is 12.3. The molecule has 1 fully saturated rings. The predicted octanol–water partition coefficient (Wildman–Crippen LogP) is 1.31. The van der Waals surface area contributed by atoms with Gasteiger partial charge in [0.1, 0.15) is 4.21 Å². The van der Waals surface area contributed by atoms with Crippen LogP contribution in [0.15, 0.2) is 10.3 Å². The molecule has 106 valence electrons. The minimum absolute atomic E-state index is 0.0721. The summed E-state index contributed by atoms with van der Waals surface area (Å²) in [7, 11) is -3.77. The van der Waals surface area contributed by atoms with Crippen LogP contribution in [-0.4, -0.2) is 42.4 Å². The summed E-state index contributed by atoms with van der Waals surface area (Å²) in [4.78, 5) is 9.96. The van der Waals surface area contributed by atoms with E-state index in [9.17, 15) is 18.5 Å². The summed E-state index contributed by atoms with van der Waals surface area (Å²) >= 11 is 6.34. The van der Waals surface area contributed by atoms with E-state index < -0.39 is 20.6 Å². The molecule has 10 heteroatoms. The fraction of sp³-hybridized carbons (Fsp3) is 0.556. The van der Waals surface area contributed by atoms with Crippen LogP contribution in [0, 0.1) is 16.0 Å². The fourth-order valence-corrected chi connectivity index (χ4v) is 5.23. The van der Waals surface area contributed by atoms with E-state index in [1.54, 1.807) is 0 Å². The first-order chi connectivity index (χ1) is 8.86. The van der Waals surface area contributed by atoms with Gasteiger partial charge in [-0.15, -0.1) is 11.3 Å². The minimum Gasteiger partial charge on any atom is -0.396 e. The van der Waals surface area contributed by atoms with Gasteiger partial charge in [-0.25, -0.2) is 8.42 Å². The van der Waals surface area contributed by atoms with E-state index >= 15 is 0 Å². The van der Waals surface area contributed by atoms with Gasteiger partial charge in [-0.1, -0.05) is 11.6 Å². The molecule has 1 aromatic rings. The molecule has 0 bridgehead atoms. The number of hydrogen-bond donors (Lipinski definition) is 1. The van der Waals surface area contributed by atoms with Gasteiger partial charge in [0.15, 0.2) is 4.34 Å². The van der Waals surface area contributed by atoms with Crippen molar-refractivity contribution in [3.63, 3.8) is 0 Å². The zero-order valence-electron chi connectivity index (χ0n) is 9.65. The molecule has 0 spiro atoms. The molecule has 1 N–H and O–H groups in total. The van der Waals surface area contributed by atoms with E-state index in [4.69, 9.17) is 16.7 Å². The van der Waals surface area contributed by atoms with Crippen molar-refractivity contribution in [3.05, 3.63) is 20.5 Å². The van der Waals surface area contributed by atoms with Crippen molar-refractivity contribution in [2.24, 2.45) is 5.92 Å². The van der Waals surface area contributed by atoms with Gasteiger partial charge >= 0.3 is 0 Å². The van der Waals surface area contributed by atoms with Crippen LogP contribution in [0.2, 0.25) is 4.34 Å². The third-order valence-corrected chi connectivity index (χ3v) is 6.60. The summed E-state index contributed by atoms with van der Waals surface area (Å²) in [6, 6.07) is 0.981. The van der Waals surface area contributed by atoms with Gasteiger partial charge in [0, 0.05) is 25.8 Å². The summed E-state index contributed by atoms with van der Waals surface area (Å²) in [5.41, 5.74) is -0.400. The van der Waals surface area contributed by atoms with Crippen LogP contribution in [-0.2, 0) is 10.0 Å². The largest absolute Gasteiger partial charge is 0.396 e. The third-order valence-electron chi connectivity index (χ3n) is 2.94. The summed E-state index contributed by atoms with van der Waals surface area (Å²) in [5.74, 6) is -0.0832. The Morgan fingerprint density at radius 3 is 2.79 bits per heavy atom. The molecule has 0 radical (unpaired) electrons. The predicted molar refractivity (Wildman–Crippen MR) is 69.9 cm³/mol.